The number of likely N-dealkylation sites (tertiary alicyclic amines) is 1. The van der Waals surface area contributed by atoms with E-state index in [2.05, 4.69) is 57.8 Å². The number of carbonyl (C=O) groups is 1. The number of nitrogens with two attached hydrogens (primary N) is 1. The van der Waals surface area contributed by atoms with Gasteiger partial charge in [-0.15, -0.1) is 0 Å². The maximum Gasteiger partial charge on any atom is 0.246 e. The summed E-state index contributed by atoms with van der Waals surface area (Å²) in [4.78, 5) is 25.3. The van der Waals surface area contributed by atoms with Crippen molar-refractivity contribution in [1.82, 2.24) is 24.6 Å². The van der Waals surface area contributed by atoms with E-state index in [1.54, 1.807) is 0 Å². The molecule has 1 fully saturated rings. The first-order valence-electron chi connectivity index (χ1n) is 13.0. The van der Waals surface area contributed by atoms with E-state index >= 15 is 0 Å². The van der Waals surface area contributed by atoms with Gasteiger partial charge >= 0.3 is 0 Å². The van der Waals surface area contributed by atoms with Crippen molar-refractivity contribution in [3.8, 4) is 11.3 Å². The largest absolute Gasteiger partial charge is 0.383 e. The lowest BCUT2D eigenvalue weighted by molar-refractivity contribution is -0.127. The Kier molecular flexibility index (Phi) is 6.49. The number of anilines is 2. The summed E-state index contributed by atoms with van der Waals surface area (Å²) >= 11 is 6.23. The Morgan fingerprint density at radius 1 is 1.13 bits per heavy atom. The van der Waals surface area contributed by atoms with Crippen LogP contribution in [0.1, 0.15) is 36.4 Å². The van der Waals surface area contributed by atoms with Crippen LogP contribution in [0, 0.1) is 0 Å². The van der Waals surface area contributed by atoms with Crippen molar-refractivity contribution in [3.63, 3.8) is 0 Å². The highest BCUT2D eigenvalue weighted by atomic mass is 35.5. The molecule has 38 heavy (non-hydrogen) atoms. The number of nitrogens with zero attached hydrogens (tertiary/aromatic N) is 6. The Balaban J connectivity index is 1.30. The van der Waals surface area contributed by atoms with Crippen molar-refractivity contribution >= 4 is 40.0 Å². The van der Waals surface area contributed by atoms with Crippen LogP contribution in [0.3, 0.4) is 0 Å². The monoisotopic (exact) mass is 527 g/mol. The number of nitrogen functional groups attached to an aromatic ring is 1. The van der Waals surface area contributed by atoms with Gasteiger partial charge in [-0.25, -0.2) is 14.6 Å². The van der Waals surface area contributed by atoms with Crippen LogP contribution in [0.5, 0.6) is 0 Å². The van der Waals surface area contributed by atoms with Crippen molar-refractivity contribution in [3.05, 3.63) is 77.6 Å². The van der Waals surface area contributed by atoms with E-state index in [-0.39, 0.29) is 11.9 Å². The van der Waals surface area contributed by atoms with Crippen molar-refractivity contribution in [2.24, 2.45) is 0 Å². The van der Waals surface area contributed by atoms with Crippen LogP contribution in [0.4, 0.5) is 11.5 Å². The van der Waals surface area contributed by atoms with Gasteiger partial charge in [-0.1, -0.05) is 42.4 Å². The number of piperidine rings is 1. The van der Waals surface area contributed by atoms with Crippen LogP contribution in [0.2, 0.25) is 5.02 Å². The molecule has 0 radical (unpaired) electrons. The zero-order valence-electron chi connectivity index (χ0n) is 21.2. The second-order valence-corrected chi connectivity index (χ2v) is 10.5. The number of benzene rings is 2. The molecule has 2 N–H and O–H groups in total. The number of rotatable bonds is 5. The summed E-state index contributed by atoms with van der Waals surface area (Å²) in [6.07, 6.45) is 6.82. The Bertz CT molecular complexity index is 1510. The molecule has 0 bridgehead atoms. The van der Waals surface area contributed by atoms with Crippen LogP contribution in [0.25, 0.3) is 22.3 Å². The first-order chi connectivity index (χ1) is 18.5. The lowest BCUT2D eigenvalue weighted by Crippen LogP contribution is -2.40. The maximum atomic E-state index is 12.3. The van der Waals surface area contributed by atoms with Gasteiger partial charge in [0, 0.05) is 42.5 Å². The number of hydrogen-bond acceptors (Lipinski definition) is 6. The average Bonchev–Trinajstić information content (AvgIpc) is 3.34. The van der Waals surface area contributed by atoms with Gasteiger partial charge in [0.15, 0.2) is 5.65 Å². The molecule has 9 heteroatoms. The van der Waals surface area contributed by atoms with Gasteiger partial charge in [0.1, 0.15) is 17.8 Å². The zero-order valence-corrected chi connectivity index (χ0v) is 21.9. The SMILES string of the molecule is C=CC(=O)N1CCCC(n2nc(-c3ccc(CN4CCCc5cc(Cl)ccc54)cc3)c3c(N)ncnc32)C1. The number of fused-ring (bicyclic) bond motifs is 2. The van der Waals surface area contributed by atoms with Crippen molar-refractivity contribution < 1.29 is 4.79 Å². The summed E-state index contributed by atoms with van der Waals surface area (Å²) < 4.78 is 1.93. The summed E-state index contributed by atoms with van der Waals surface area (Å²) in [5, 5.41) is 6.53. The van der Waals surface area contributed by atoms with Gasteiger partial charge in [0.25, 0.3) is 0 Å². The predicted molar refractivity (Wildman–Crippen MR) is 151 cm³/mol. The Morgan fingerprint density at radius 2 is 1.97 bits per heavy atom. The molecule has 4 aromatic rings. The molecule has 8 nitrogen and oxygen atoms in total. The standard InChI is InChI=1S/C29H30ClN7O/c1-2-25(38)36-14-4-6-23(17-36)37-29-26(28(31)32-18-33-29)27(34-37)20-9-7-19(8-10-20)16-35-13-3-5-21-15-22(30)11-12-24(21)35/h2,7-12,15,18,23H,1,3-6,13-14,16-17H2,(H2,31,32,33). The van der Waals surface area contributed by atoms with Gasteiger partial charge in [-0.2, -0.15) is 5.10 Å². The van der Waals surface area contributed by atoms with E-state index in [1.165, 1.54) is 29.2 Å². The minimum absolute atomic E-state index is 0.00477. The lowest BCUT2D eigenvalue weighted by Gasteiger charge is -2.32. The van der Waals surface area contributed by atoms with E-state index in [0.29, 0.717) is 18.0 Å². The van der Waals surface area contributed by atoms with E-state index in [4.69, 9.17) is 22.4 Å². The third-order valence-electron chi connectivity index (χ3n) is 7.60. The number of amides is 1. The smallest absolute Gasteiger partial charge is 0.246 e. The molecule has 194 valence electrons. The highest BCUT2D eigenvalue weighted by Crippen LogP contribution is 2.35. The topological polar surface area (TPSA) is 93.2 Å². The second kappa shape index (κ2) is 10.1. The fraction of sp³-hybridized carbons (Fsp3) is 0.310. The maximum absolute atomic E-state index is 12.3. The second-order valence-electron chi connectivity index (χ2n) is 10.0. The number of carbonyl (C=O) groups excluding carboxylic acids is 1. The van der Waals surface area contributed by atoms with E-state index < -0.39 is 0 Å². The Hall–Kier alpha value is -3.91. The van der Waals surface area contributed by atoms with Crippen molar-refractivity contribution in [1.29, 1.82) is 0 Å². The highest BCUT2D eigenvalue weighted by Gasteiger charge is 2.28. The molecule has 1 saturated heterocycles. The minimum Gasteiger partial charge on any atom is -0.383 e. The minimum atomic E-state index is -0.0597. The number of aryl methyl sites for hydroxylation is 1. The first kappa shape index (κ1) is 24.4. The quantitative estimate of drug-likeness (QED) is 0.366. The van der Waals surface area contributed by atoms with Crippen LogP contribution < -0.4 is 10.6 Å². The van der Waals surface area contributed by atoms with Crippen molar-refractivity contribution in [2.75, 3.05) is 30.3 Å². The molecule has 2 aromatic carbocycles. The third-order valence-corrected chi connectivity index (χ3v) is 7.84. The van der Waals surface area contributed by atoms with Crippen LogP contribution >= 0.6 is 11.6 Å². The molecular weight excluding hydrogens is 498 g/mol. The summed E-state index contributed by atoms with van der Waals surface area (Å²) in [6.45, 7) is 6.77. The van der Waals surface area contributed by atoms with Gasteiger partial charge in [-0.05, 0) is 61.1 Å². The lowest BCUT2D eigenvalue weighted by atomic mass is 10.0. The fourth-order valence-electron chi connectivity index (χ4n) is 5.73. The molecule has 1 atom stereocenters. The summed E-state index contributed by atoms with van der Waals surface area (Å²) in [6, 6.07) is 14.7. The molecule has 1 unspecified atom stereocenters. The molecule has 2 aliphatic heterocycles. The van der Waals surface area contributed by atoms with E-state index in [0.717, 1.165) is 67.0 Å². The number of hydrogen-bond donors (Lipinski definition) is 1. The molecule has 2 aromatic heterocycles. The molecule has 0 aliphatic carbocycles. The van der Waals surface area contributed by atoms with E-state index in [9.17, 15) is 4.79 Å². The molecule has 6 rings (SSSR count). The molecule has 0 spiro atoms. The van der Waals surface area contributed by atoms with Crippen LogP contribution in [0.15, 0.2) is 61.4 Å². The number of aromatic nitrogens is 4. The van der Waals surface area contributed by atoms with Gasteiger partial charge in [0.05, 0.1) is 11.4 Å². The highest BCUT2D eigenvalue weighted by molar-refractivity contribution is 6.30. The predicted octanol–water partition coefficient (Wildman–Crippen LogP) is 5.03. The number of halogens is 1. The summed E-state index contributed by atoms with van der Waals surface area (Å²) in [5.41, 5.74) is 12.5. The summed E-state index contributed by atoms with van der Waals surface area (Å²) in [5.74, 6) is 0.342. The third kappa shape index (κ3) is 4.49. The molecule has 2 aliphatic rings. The molecule has 4 heterocycles. The average molecular weight is 528 g/mol. The Labute approximate surface area is 226 Å². The zero-order chi connectivity index (χ0) is 26.2. The first-order valence-corrected chi connectivity index (χ1v) is 13.4. The van der Waals surface area contributed by atoms with E-state index in [1.807, 2.05) is 15.6 Å². The van der Waals surface area contributed by atoms with Crippen LogP contribution in [-0.2, 0) is 17.8 Å². The Morgan fingerprint density at radius 3 is 2.79 bits per heavy atom. The van der Waals surface area contributed by atoms with Crippen molar-refractivity contribution in [2.45, 2.75) is 38.3 Å². The van der Waals surface area contributed by atoms with Gasteiger partial charge < -0.3 is 15.5 Å². The molecule has 1 amide bonds. The normalized spacial score (nSPS) is 17.4. The molecule has 0 saturated carbocycles. The fourth-order valence-corrected chi connectivity index (χ4v) is 5.93. The summed E-state index contributed by atoms with van der Waals surface area (Å²) in [7, 11) is 0. The van der Waals surface area contributed by atoms with Gasteiger partial charge in [0.2, 0.25) is 5.91 Å². The van der Waals surface area contributed by atoms with Gasteiger partial charge in [-0.3, -0.25) is 4.79 Å². The van der Waals surface area contributed by atoms with Crippen LogP contribution in [-0.4, -0.2) is 50.2 Å². The molecular formula is C29H30ClN7O.